The highest BCUT2D eigenvalue weighted by molar-refractivity contribution is 5.80. The number of nitrogens with zero attached hydrogens (tertiary/aromatic N) is 1. The minimum absolute atomic E-state index is 0.0389. The summed E-state index contributed by atoms with van der Waals surface area (Å²) in [6.07, 6.45) is 0. The SMILES string of the molecule is COc1cc(C)c([C@H](C)NC(=O)CN(C)CC(N)=O)cc1OC. The van der Waals surface area contributed by atoms with Crippen LogP contribution in [-0.2, 0) is 9.59 Å². The second-order valence-corrected chi connectivity index (χ2v) is 5.49. The van der Waals surface area contributed by atoms with E-state index >= 15 is 0 Å². The first-order valence-corrected chi connectivity index (χ1v) is 7.27. The number of benzene rings is 1. The fourth-order valence-electron chi connectivity index (χ4n) is 2.39. The molecule has 0 aliphatic rings. The minimum atomic E-state index is -0.468. The summed E-state index contributed by atoms with van der Waals surface area (Å²) in [5.74, 6) is 0.605. The topological polar surface area (TPSA) is 93.9 Å². The normalized spacial score (nSPS) is 11.9. The Bertz CT molecular complexity index is 575. The molecule has 7 nitrogen and oxygen atoms in total. The van der Waals surface area contributed by atoms with Gasteiger partial charge in [-0.05, 0) is 44.2 Å². The van der Waals surface area contributed by atoms with E-state index in [0.29, 0.717) is 11.5 Å². The quantitative estimate of drug-likeness (QED) is 0.731. The molecule has 0 bridgehead atoms. The van der Waals surface area contributed by atoms with Crippen molar-refractivity contribution in [2.75, 3.05) is 34.4 Å². The summed E-state index contributed by atoms with van der Waals surface area (Å²) in [6.45, 7) is 3.97. The molecule has 1 aromatic rings. The molecular formula is C16H25N3O4. The van der Waals surface area contributed by atoms with Crippen LogP contribution in [0.5, 0.6) is 11.5 Å². The molecule has 128 valence electrons. The van der Waals surface area contributed by atoms with Gasteiger partial charge in [0, 0.05) is 0 Å². The fourth-order valence-corrected chi connectivity index (χ4v) is 2.39. The van der Waals surface area contributed by atoms with Crippen LogP contribution in [0.2, 0.25) is 0 Å². The Morgan fingerprint density at radius 2 is 1.78 bits per heavy atom. The number of hydrogen-bond acceptors (Lipinski definition) is 5. The summed E-state index contributed by atoms with van der Waals surface area (Å²) in [5.41, 5.74) is 7.03. The minimum Gasteiger partial charge on any atom is -0.493 e. The Balaban J connectivity index is 2.79. The Kier molecular flexibility index (Phi) is 6.84. The molecule has 1 atom stereocenters. The average molecular weight is 323 g/mol. The first-order chi connectivity index (χ1) is 10.8. The standard InChI is InChI=1S/C16H25N3O4/c1-10-6-13(22-4)14(23-5)7-12(10)11(2)18-16(21)9-19(3)8-15(17)20/h6-7,11H,8-9H2,1-5H3,(H2,17,20)(H,18,21)/t11-/m0/s1. The van der Waals surface area contributed by atoms with Gasteiger partial charge in [-0.1, -0.05) is 0 Å². The van der Waals surface area contributed by atoms with Crippen LogP contribution in [0.3, 0.4) is 0 Å². The first-order valence-electron chi connectivity index (χ1n) is 7.27. The van der Waals surface area contributed by atoms with Crippen LogP contribution in [0.4, 0.5) is 0 Å². The zero-order chi connectivity index (χ0) is 17.6. The first kappa shape index (κ1) is 18.8. The molecule has 7 heteroatoms. The largest absolute Gasteiger partial charge is 0.493 e. The Morgan fingerprint density at radius 3 is 2.30 bits per heavy atom. The lowest BCUT2D eigenvalue weighted by atomic mass is 10.0. The number of ether oxygens (including phenoxy) is 2. The van der Waals surface area contributed by atoms with E-state index in [1.807, 2.05) is 26.0 Å². The Labute approximate surface area is 136 Å². The number of carbonyl (C=O) groups excluding carboxylic acids is 2. The molecule has 2 amide bonds. The third-order valence-electron chi connectivity index (χ3n) is 3.46. The molecule has 0 aromatic heterocycles. The predicted octanol–water partition coefficient (Wildman–Crippen LogP) is 0.607. The number of amides is 2. The number of nitrogens with two attached hydrogens (primary N) is 1. The number of likely N-dealkylation sites (N-methyl/N-ethyl adjacent to an activating group) is 1. The average Bonchev–Trinajstić information content (AvgIpc) is 2.45. The lowest BCUT2D eigenvalue weighted by Gasteiger charge is -2.21. The predicted molar refractivity (Wildman–Crippen MR) is 87.5 cm³/mol. The van der Waals surface area contributed by atoms with Crippen LogP contribution in [-0.4, -0.2) is 51.1 Å². The van der Waals surface area contributed by atoms with Crippen molar-refractivity contribution in [1.82, 2.24) is 10.2 Å². The highest BCUT2D eigenvalue weighted by Crippen LogP contribution is 2.32. The Morgan fingerprint density at radius 1 is 1.22 bits per heavy atom. The fraction of sp³-hybridized carbons (Fsp3) is 0.500. The number of rotatable bonds is 8. The molecule has 0 saturated carbocycles. The number of primary amides is 1. The van der Waals surface area contributed by atoms with Gasteiger partial charge in [-0.25, -0.2) is 0 Å². The van der Waals surface area contributed by atoms with Crippen molar-refractivity contribution in [3.63, 3.8) is 0 Å². The molecule has 23 heavy (non-hydrogen) atoms. The van der Waals surface area contributed by atoms with E-state index in [1.165, 1.54) is 0 Å². The van der Waals surface area contributed by atoms with E-state index in [2.05, 4.69) is 5.32 Å². The number of methoxy groups -OCH3 is 2. The molecule has 0 radical (unpaired) electrons. The van der Waals surface area contributed by atoms with Crippen LogP contribution in [0.1, 0.15) is 24.1 Å². The van der Waals surface area contributed by atoms with Crippen molar-refractivity contribution in [3.05, 3.63) is 23.3 Å². The van der Waals surface area contributed by atoms with Crippen molar-refractivity contribution in [2.24, 2.45) is 5.73 Å². The third kappa shape index (κ3) is 5.45. The van der Waals surface area contributed by atoms with Gasteiger partial charge >= 0.3 is 0 Å². The summed E-state index contributed by atoms with van der Waals surface area (Å²) >= 11 is 0. The van der Waals surface area contributed by atoms with Crippen LogP contribution >= 0.6 is 0 Å². The lowest BCUT2D eigenvalue weighted by molar-refractivity contribution is -0.123. The summed E-state index contributed by atoms with van der Waals surface area (Å²) < 4.78 is 10.6. The van der Waals surface area contributed by atoms with Crippen molar-refractivity contribution in [3.8, 4) is 11.5 Å². The summed E-state index contributed by atoms with van der Waals surface area (Å²) in [6, 6.07) is 3.52. The summed E-state index contributed by atoms with van der Waals surface area (Å²) in [4.78, 5) is 24.4. The third-order valence-corrected chi connectivity index (χ3v) is 3.46. The van der Waals surface area contributed by atoms with Crippen LogP contribution < -0.4 is 20.5 Å². The smallest absolute Gasteiger partial charge is 0.234 e. The van der Waals surface area contributed by atoms with E-state index in [0.717, 1.165) is 11.1 Å². The monoisotopic (exact) mass is 323 g/mol. The van der Waals surface area contributed by atoms with Gasteiger partial charge in [-0.15, -0.1) is 0 Å². The highest BCUT2D eigenvalue weighted by atomic mass is 16.5. The second kappa shape index (κ2) is 8.38. The van der Waals surface area contributed by atoms with Crippen LogP contribution in [0.15, 0.2) is 12.1 Å². The van der Waals surface area contributed by atoms with Gasteiger partial charge in [-0.3, -0.25) is 14.5 Å². The molecule has 1 rings (SSSR count). The maximum atomic E-state index is 12.0. The van der Waals surface area contributed by atoms with Crippen molar-refractivity contribution < 1.29 is 19.1 Å². The van der Waals surface area contributed by atoms with Gasteiger partial charge in [-0.2, -0.15) is 0 Å². The molecule has 0 aliphatic carbocycles. The highest BCUT2D eigenvalue weighted by Gasteiger charge is 2.17. The zero-order valence-electron chi connectivity index (χ0n) is 14.3. The maximum absolute atomic E-state index is 12.0. The van der Waals surface area contributed by atoms with E-state index < -0.39 is 5.91 Å². The molecular weight excluding hydrogens is 298 g/mol. The molecule has 1 aromatic carbocycles. The Hall–Kier alpha value is -2.28. The molecule has 0 saturated heterocycles. The molecule has 0 aliphatic heterocycles. The van der Waals surface area contributed by atoms with E-state index in [4.69, 9.17) is 15.2 Å². The van der Waals surface area contributed by atoms with Gasteiger partial charge in [0.25, 0.3) is 0 Å². The van der Waals surface area contributed by atoms with Gasteiger partial charge in [0.15, 0.2) is 11.5 Å². The van der Waals surface area contributed by atoms with Gasteiger partial charge < -0.3 is 20.5 Å². The van der Waals surface area contributed by atoms with E-state index in [-0.39, 0.29) is 25.0 Å². The van der Waals surface area contributed by atoms with Crippen LogP contribution in [0.25, 0.3) is 0 Å². The number of nitrogens with one attached hydrogen (secondary N) is 1. The molecule has 3 N–H and O–H groups in total. The number of aryl methyl sites for hydroxylation is 1. The molecule has 0 unspecified atom stereocenters. The summed E-state index contributed by atoms with van der Waals surface area (Å²) in [5, 5.41) is 2.90. The van der Waals surface area contributed by atoms with E-state index in [9.17, 15) is 9.59 Å². The second-order valence-electron chi connectivity index (χ2n) is 5.49. The summed E-state index contributed by atoms with van der Waals surface area (Å²) in [7, 11) is 4.81. The van der Waals surface area contributed by atoms with Crippen molar-refractivity contribution in [2.45, 2.75) is 19.9 Å². The van der Waals surface area contributed by atoms with Gasteiger partial charge in [0.1, 0.15) is 0 Å². The molecule has 0 heterocycles. The zero-order valence-corrected chi connectivity index (χ0v) is 14.3. The molecule has 0 fully saturated rings. The molecule has 0 spiro atoms. The van der Waals surface area contributed by atoms with Gasteiger partial charge in [0.05, 0.1) is 33.4 Å². The maximum Gasteiger partial charge on any atom is 0.234 e. The van der Waals surface area contributed by atoms with Gasteiger partial charge in [0.2, 0.25) is 11.8 Å². The number of carbonyl (C=O) groups is 2. The lowest BCUT2D eigenvalue weighted by Crippen LogP contribution is -2.40. The van der Waals surface area contributed by atoms with Crippen molar-refractivity contribution in [1.29, 1.82) is 0 Å². The van der Waals surface area contributed by atoms with Crippen LogP contribution in [0, 0.1) is 6.92 Å². The van der Waals surface area contributed by atoms with Crippen molar-refractivity contribution >= 4 is 11.8 Å². The number of hydrogen-bond donors (Lipinski definition) is 2. The van der Waals surface area contributed by atoms with E-state index in [1.54, 1.807) is 26.2 Å².